The highest BCUT2D eigenvalue weighted by Crippen LogP contribution is 2.21. The van der Waals surface area contributed by atoms with Gasteiger partial charge in [0, 0.05) is 36.6 Å². The molecule has 0 aliphatic rings. The van der Waals surface area contributed by atoms with Crippen LogP contribution in [0.2, 0.25) is 0 Å². The number of pyridine rings is 1. The molecule has 0 saturated carbocycles. The number of aromatic nitrogens is 1. The lowest BCUT2D eigenvalue weighted by Crippen LogP contribution is -2.28. The van der Waals surface area contributed by atoms with E-state index in [1.54, 1.807) is 54.9 Å². The average Bonchev–Trinajstić information content (AvgIpc) is 2.69. The number of amides is 3. The fourth-order valence-corrected chi connectivity index (χ4v) is 2.76. The predicted molar refractivity (Wildman–Crippen MR) is 104 cm³/mol. The van der Waals surface area contributed by atoms with E-state index in [0.29, 0.717) is 23.4 Å². The maximum atomic E-state index is 14.0. The predicted octanol–water partition coefficient (Wildman–Crippen LogP) is 3.23. The number of nitrogens with two attached hydrogens (primary N) is 1. The molecule has 1 heterocycles. The van der Waals surface area contributed by atoms with E-state index in [9.17, 15) is 14.0 Å². The minimum absolute atomic E-state index is 0.180. The number of anilines is 1. The lowest BCUT2D eigenvalue weighted by molar-refractivity contribution is 0.0999. The molecule has 0 aliphatic heterocycles. The first kappa shape index (κ1) is 19.0. The van der Waals surface area contributed by atoms with Crippen molar-refractivity contribution in [2.45, 2.75) is 13.0 Å². The van der Waals surface area contributed by atoms with Gasteiger partial charge in [0.1, 0.15) is 5.82 Å². The van der Waals surface area contributed by atoms with Crippen molar-refractivity contribution in [1.29, 1.82) is 0 Å². The van der Waals surface area contributed by atoms with Crippen LogP contribution in [0.15, 0.2) is 67.0 Å². The van der Waals surface area contributed by atoms with Crippen molar-refractivity contribution in [3.63, 3.8) is 0 Å². The van der Waals surface area contributed by atoms with Crippen molar-refractivity contribution in [2.24, 2.45) is 5.73 Å². The number of rotatable bonds is 6. The van der Waals surface area contributed by atoms with Crippen LogP contribution in [0.25, 0.3) is 0 Å². The van der Waals surface area contributed by atoms with Crippen molar-refractivity contribution in [3.8, 4) is 0 Å². The summed E-state index contributed by atoms with van der Waals surface area (Å²) in [6.07, 6.45) is 3.47. The molecule has 3 rings (SSSR count). The first-order valence-corrected chi connectivity index (χ1v) is 8.63. The van der Waals surface area contributed by atoms with Crippen molar-refractivity contribution >= 4 is 17.6 Å². The molecule has 0 unspecified atom stereocenters. The van der Waals surface area contributed by atoms with Gasteiger partial charge in [-0.25, -0.2) is 9.18 Å². The number of primary amides is 1. The number of carbonyl (C=O) groups excluding carboxylic acids is 2. The zero-order chi connectivity index (χ0) is 19.9. The highest BCUT2D eigenvalue weighted by molar-refractivity contribution is 5.96. The fraction of sp³-hybridized carbons (Fsp3) is 0.0952. The zero-order valence-electron chi connectivity index (χ0n) is 15.0. The van der Waals surface area contributed by atoms with E-state index >= 15 is 0 Å². The van der Waals surface area contributed by atoms with Gasteiger partial charge in [-0.3, -0.25) is 9.78 Å². The Morgan fingerprint density at radius 2 is 1.75 bits per heavy atom. The molecule has 0 fully saturated rings. The zero-order valence-corrected chi connectivity index (χ0v) is 15.0. The van der Waals surface area contributed by atoms with Gasteiger partial charge in [-0.15, -0.1) is 0 Å². The standard InChI is InChI=1S/C21H19FN4O2/c22-19-4-2-1-3-15(19)11-16-12-17(5-6-18(16)20(23)27)26-21(28)25-13-14-7-9-24-10-8-14/h1-10,12H,11,13H2,(H2,23,27)(H2,25,26,28). The third-order valence-electron chi connectivity index (χ3n) is 4.17. The molecule has 0 spiro atoms. The monoisotopic (exact) mass is 378 g/mol. The van der Waals surface area contributed by atoms with Gasteiger partial charge in [0.25, 0.3) is 0 Å². The van der Waals surface area contributed by atoms with E-state index in [0.717, 1.165) is 5.56 Å². The van der Waals surface area contributed by atoms with Crippen molar-refractivity contribution in [3.05, 3.63) is 95.1 Å². The van der Waals surface area contributed by atoms with Crippen LogP contribution in [0.5, 0.6) is 0 Å². The van der Waals surface area contributed by atoms with E-state index in [4.69, 9.17) is 5.73 Å². The molecule has 3 amide bonds. The van der Waals surface area contributed by atoms with E-state index in [1.807, 2.05) is 0 Å². The van der Waals surface area contributed by atoms with Crippen LogP contribution >= 0.6 is 0 Å². The number of carbonyl (C=O) groups is 2. The molecule has 1 aromatic heterocycles. The number of halogens is 1. The largest absolute Gasteiger partial charge is 0.366 e. The molecule has 0 atom stereocenters. The van der Waals surface area contributed by atoms with Crippen LogP contribution in [0.4, 0.5) is 14.9 Å². The Bertz CT molecular complexity index is 993. The van der Waals surface area contributed by atoms with E-state index in [1.165, 1.54) is 12.1 Å². The van der Waals surface area contributed by atoms with Gasteiger partial charge in [0.15, 0.2) is 0 Å². The Labute approximate surface area is 161 Å². The molecule has 0 saturated heterocycles. The smallest absolute Gasteiger partial charge is 0.319 e. The molecule has 7 heteroatoms. The van der Waals surface area contributed by atoms with E-state index in [-0.39, 0.29) is 17.8 Å². The second-order valence-corrected chi connectivity index (χ2v) is 6.17. The maximum absolute atomic E-state index is 14.0. The van der Waals surface area contributed by atoms with Crippen LogP contribution in [-0.2, 0) is 13.0 Å². The van der Waals surface area contributed by atoms with Crippen LogP contribution in [0, 0.1) is 5.82 Å². The maximum Gasteiger partial charge on any atom is 0.319 e. The number of urea groups is 1. The van der Waals surface area contributed by atoms with E-state index in [2.05, 4.69) is 15.6 Å². The first-order valence-electron chi connectivity index (χ1n) is 8.63. The first-order chi connectivity index (χ1) is 13.5. The van der Waals surface area contributed by atoms with Gasteiger partial charge >= 0.3 is 6.03 Å². The average molecular weight is 378 g/mol. The van der Waals surface area contributed by atoms with Gasteiger partial charge in [-0.1, -0.05) is 18.2 Å². The number of nitrogens with one attached hydrogen (secondary N) is 2. The molecular formula is C21H19FN4O2. The van der Waals surface area contributed by atoms with Gasteiger partial charge in [0.2, 0.25) is 5.91 Å². The minimum atomic E-state index is -0.611. The van der Waals surface area contributed by atoms with Crippen LogP contribution in [-0.4, -0.2) is 16.9 Å². The third kappa shape index (κ3) is 4.91. The minimum Gasteiger partial charge on any atom is -0.366 e. The molecule has 142 valence electrons. The Balaban J connectivity index is 1.74. The Morgan fingerprint density at radius 1 is 1.00 bits per heavy atom. The summed E-state index contributed by atoms with van der Waals surface area (Å²) in [6, 6.07) is 14.2. The summed E-state index contributed by atoms with van der Waals surface area (Å²) in [7, 11) is 0. The fourth-order valence-electron chi connectivity index (χ4n) is 2.76. The summed E-state index contributed by atoms with van der Waals surface area (Å²) in [5.74, 6) is -0.980. The number of hydrogen-bond donors (Lipinski definition) is 3. The second kappa shape index (κ2) is 8.77. The summed E-state index contributed by atoms with van der Waals surface area (Å²) in [4.78, 5) is 27.8. The molecule has 2 aromatic carbocycles. The van der Waals surface area contributed by atoms with Gasteiger partial charge in [-0.05, 0) is 53.1 Å². The highest BCUT2D eigenvalue weighted by Gasteiger charge is 2.13. The Morgan fingerprint density at radius 3 is 2.46 bits per heavy atom. The van der Waals surface area contributed by atoms with Gasteiger partial charge < -0.3 is 16.4 Å². The Kier molecular flexibility index (Phi) is 5.96. The summed E-state index contributed by atoms with van der Waals surface area (Å²) >= 11 is 0. The molecule has 4 N–H and O–H groups in total. The summed E-state index contributed by atoms with van der Waals surface area (Å²) in [6.45, 7) is 0.343. The van der Waals surface area contributed by atoms with Crippen molar-refractivity contribution < 1.29 is 14.0 Å². The molecule has 0 radical (unpaired) electrons. The molecule has 3 aromatic rings. The quantitative estimate of drug-likeness (QED) is 0.614. The summed E-state index contributed by atoms with van der Waals surface area (Å²) in [5.41, 5.74) is 8.07. The molecular weight excluding hydrogens is 359 g/mol. The van der Waals surface area contributed by atoms with Crippen molar-refractivity contribution in [1.82, 2.24) is 10.3 Å². The molecule has 0 bridgehead atoms. The van der Waals surface area contributed by atoms with E-state index < -0.39 is 11.9 Å². The number of hydrogen-bond acceptors (Lipinski definition) is 3. The van der Waals surface area contributed by atoms with Crippen molar-refractivity contribution in [2.75, 3.05) is 5.32 Å². The second-order valence-electron chi connectivity index (χ2n) is 6.17. The normalized spacial score (nSPS) is 10.3. The SMILES string of the molecule is NC(=O)c1ccc(NC(=O)NCc2ccncc2)cc1Cc1ccccc1F. The lowest BCUT2D eigenvalue weighted by atomic mass is 9.98. The third-order valence-corrected chi connectivity index (χ3v) is 4.17. The van der Waals surface area contributed by atoms with Gasteiger partial charge in [-0.2, -0.15) is 0 Å². The number of nitrogens with zero attached hydrogens (tertiary/aromatic N) is 1. The lowest BCUT2D eigenvalue weighted by Gasteiger charge is -2.12. The topological polar surface area (TPSA) is 97.1 Å². The Hall–Kier alpha value is -3.74. The van der Waals surface area contributed by atoms with Crippen LogP contribution in [0.3, 0.4) is 0 Å². The molecule has 0 aliphatic carbocycles. The number of benzene rings is 2. The summed E-state index contributed by atoms with van der Waals surface area (Å²) in [5, 5.41) is 5.44. The van der Waals surface area contributed by atoms with Crippen LogP contribution in [0.1, 0.15) is 27.0 Å². The van der Waals surface area contributed by atoms with Crippen LogP contribution < -0.4 is 16.4 Å². The molecule has 28 heavy (non-hydrogen) atoms. The molecule has 6 nitrogen and oxygen atoms in total. The summed E-state index contributed by atoms with van der Waals surface area (Å²) < 4.78 is 14.0. The highest BCUT2D eigenvalue weighted by atomic mass is 19.1. The van der Waals surface area contributed by atoms with Gasteiger partial charge in [0.05, 0.1) is 0 Å².